The van der Waals surface area contributed by atoms with Crippen LogP contribution < -0.4 is 4.74 Å². The maximum Gasteiger partial charge on any atom is 0.127 e. The van der Waals surface area contributed by atoms with Crippen molar-refractivity contribution in [3.63, 3.8) is 0 Å². The standard InChI is InChI=1S/C16H13ClO/c17-13-5-6-14-11(9-13)8-12-7-10-3-1-2-4-15(10)18-16(12)14/h1-6,9,12,16H,7-8H2/t12-,16-/m0/s1. The highest BCUT2D eigenvalue weighted by Crippen LogP contribution is 2.46. The number of hydrogen-bond acceptors (Lipinski definition) is 1. The minimum absolute atomic E-state index is 0.215. The van der Waals surface area contributed by atoms with E-state index in [-0.39, 0.29) is 6.10 Å². The van der Waals surface area contributed by atoms with Crippen molar-refractivity contribution in [3.05, 3.63) is 64.2 Å². The summed E-state index contributed by atoms with van der Waals surface area (Å²) in [4.78, 5) is 0. The van der Waals surface area contributed by atoms with Gasteiger partial charge in [0, 0.05) is 10.9 Å². The summed E-state index contributed by atoms with van der Waals surface area (Å²) in [5.74, 6) is 1.61. The van der Waals surface area contributed by atoms with Crippen LogP contribution in [0.5, 0.6) is 5.75 Å². The van der Waals surface area contributed by atoms with Crippen LogP contribution in [0.25, 0.3) is 0 Å². The fraction of sp³-hybridized carbons (Fsp3) is 0.250. The van der Waals surface area contributed by atoms with Crippen LogP contribution in [0.1, 0.15) is 22.8 Å². The third-order valence-electron chi connectivity index (χ3n) is 4.03. The van der Waals surface area contributed by atoms with E-state index in [1.54, 1.807) is 0 Å². The topological polar surface area (TPSA) is 9.23 Å². The van der Waals surface area contributed by atoms with Crippen molar-refractivity contribution in [1.29, 1.82) is 0 Å². The lowest BCUT2D eigenvalue weighted by Gasteiger charge is -2.29. The zero-order chi connectivity index (χ0) is 12.1. The van der Waals surface area contributed by atoms with E-state index in [0.717, 1.165) is 23.6 Å². The van der Waals surface area contributed by atoms with Gasteiger partial charge in [-0.05, 0) is 47.7 Å². The molecule has 0 radical (unpaired) electrons. The first kappa shape index (κ1) is 10.5. The average molecular weight is 257 g/mol. The number of fused-ring (bicyclic) bond motifs is 4. The molecule has 0 aromatic heterocycles. The number of rotatable bonds is 0. The fourth-order valence-corrected chi connectivity index (χ4v) is 3.41. The normalized spacial score (nSPS) is 23.8. The minimum Gasteiger partial charge on any atom is -0.485 e. The molecule has 0 N–H and O–H groups in total. The first-order valence-electron chi connectivity index (χ1n) is 6.34. The Morgan fingerprint density at radius 1 is 1.00 bits per heavy atom. The summed E-state index contributed by atoms with van der Waals surface area (Å²) in [5, 5.41) is 0.824. The molecule has 0 fully saturated rings. The molecule has 0 bridgehead atoms. The van der Waals surface area contributed by atoms with E-state index in [1.165, 1.54) is 16.7 Å². The van der Waals surface area contributed by atoms with Crippen molar-refractivity contribution in [2.45, 2.75) is 18.9 Å². The second kappa shape index (κ2) is 3.76. The highest BCUT2D eigenvalue weighted by atomic mass is 35.5. The van der Waals surface area contributed by atoms with Crippen LogP contribution in [0.3, 0.4) is 0 Å². The summed E-state index contributed by atoms with van der Waals surface area (Å²) in [6, 6.07) is 14.5. The number of hydrogen-bond donors (Lipinski definition) is 0. The maximum absolute atomic E-state index is 6.18. The third kappa shape index (κ3) is 1.47. The van der Waals surface area contributed by atoms with E-state index >= 15 is 0 Å². The summed E-state index contributed by atoms with van der Waals surface area (Å²) < 4.78 is 6.18. The molecule has 1 heterocycles. The molecule has 90 valence electrons. The van der Waals surface area contributed by atoms with Gasteiger partial charge in [0.15, 0.2) is 0 Å². The van der Waals surface area contributed by atoms with Crippen LogP contribution in [-0.2, 0) is 12.8 Å². The zero-order valence-corrected chi connectivity index (χ0v) is 10.7. The van der Waals surface area contributed by atoms with Gasteiger partial charge in [-0.15, -0.1) is 0 Å². The molecule has 2 atom stereocenters. The fourth-order valence-electron chi connectivity index (χ4n) is 3.22. The summed E-state index contributed by atoms with van der Waals surface area (Å²) in [6.45, 7) is 0. The molecule has 0 unspecified atom stereocenters. The van der Waals surface area contributed by atoms with Gasteiger partial charge in [-0.25, -0.2) is 0 Å². The average Bonchev–Trinajstić information content (AvgIpc) is 2.72. The monoisotopic (exact) mass is 256 g/mol. The lowest BCUT2D eigenvalue weighted by atomic mass is 9.91. The molecule has 0 amide bonds. The summed E-state index contributed by atoms with van der Waals surface area (Å²) >= 11 is 6.07. The van der Waals surface area contributed by atoms with Crippen LogP contribution in [0.2, 0.25) is 5.02 Å². The first-order chi connectivity index (χ1) is 8.81. The Kier molecular flexibility index (Phi) is 2.18. The molecule has 1 nitrogen and oxygen atoms in total. The predicted molar refractivity (Wildman–Crippen MR) is 72.2 cm³/mol. The Labute approximate surface area is 111 Å². The van der Waals surface area contributed by atoms with Crippen molar-refractivity contribution >= 4 is 11.6 Å². The van der Waals surface area contributed by atoms with Gasteiger partial charge in [-0.1, -0.05) is 35.9 Å². The van der Waals surface area contributed by atoms with Gasteiger partial charge in [-0.3, -0.25) is 0 Å². The lowest BCUT2D eigenvalue weighted by Crippen LogP contribution is -2.22. The van der Waals surface area contributed by atoms with E-state index in [2.05, 4.69) is 30.3 Å². The quantitative estimate of drug-likeness (QED) is 0.687. The van der Waals surface area contributed by atoms with Crippen LogP contribution in [0.4, 0.5) is 0 Å². The summed E-state index contributed by atoms with van der Waals surface area (Å²) in [7, 11) is 0. The molecule has 2 aromatic carbocycles. The second-order valence-electron chi connectivity index (χ2n) is 5.16. The van der Waals surface area contributed by atoms with Gasteiger partial charge in [-0.2, -0.15) is 0 Å². The second-order valence-corrected chi connectivity index (χ2v) is 5.59. The third-order valence-corrected chi connectivity index (χ3v) is 4.27. The first-order valence-corrected chi connectivity index (χ1v) is 6.72. The lowest BCUT2D eigenvalue weighted by molar-refractivity contribution is 0.128. The molecule has 1 aliphatic heterocycles. The van der Waals surface area contributed by atoms with E-state index in [9.17, 15) is 0 Å². The Balaban J connectivity index is 1.78. The maximum atomic E-state index is 6.18. The smallest absolute Gasteiger partial charge is 0.127 e. The predicted octanol–water partition coefficient (Wildman–Crippen LogP) is 4.19. The Bertz CT molecular complexity index is 620. The van der Waals surface area contributed by atoms with Gasteiger partial charge >= 0.3 is 0 Å². The van der Waals surface area contributed by atoms with Gasteiger partial charge < -0.3 is 4.74 Å². The van der Waals surface area contributed by atoms with Crippen molar-refractivity contribution in [1.82, 2.24) is 0 Å². The Morgan fingerprint density at radius 3 is 2.78 bits per heavy atom. The van der Waals surface area contributed by atoms with Crippen LogP contribution in [0, 0.1) is 5.92 Å². The van der Waals surface area contributed by atoms with Crippen molar-refractivity contribution in [2.24, 2.45) is 5.92 Å². The van der Waals surface area contributed by atoms with Crippen LogP contribution >= 0.6 is 11.6 Å². The van der Waals surface area contributed by atoms with Gasteiger partial charge in [0.2, 0.25) is 0 Å². The van der Waals surface area contributed by atoms with E-state index in [4.69, 9.17) is 16.3 Å². The molecule has 0 saturated heterocycles. The van der Waals surface area contributed by atoms with Crippen molar-refractivity contribution in [3.8, 4) is 5.75 Å². The molecule has 2 aromatic rings. The molecule has 2 aliphatic rings. The minimum atomic E-state index is 0.215. The van der Waals surface area contributed by atoms with Gasteiger partial charge in [0.1, 0.15) is 11.9 Å². The molecule has 18 heavy (non-hydrogen) atoms. The number of ether oxygens (including phenoxy) is 1. The molecular formula is C16H13ClO. The number of benzene rings is 2. The Hall–Kier alpha value is -1.47. The van der Waals surface area contributed by atoms with Crippen LogP contribution in [-0.4, -0.2) is 0 Å². The SMILES string of the molecule is Clc1ccc2c(c1)C[C@@H]1Cc3ccccc3O[C@H]21. The largest absolute Gasteiger partial charge is 0.485 e. The number of para-hydroxylation sites is 1. The van der Waals surface area contributed by atoms with Crippen molar-refractivity contribution in [2.75, 3.05) is 0 Å². The molecule has 4 rings (SSSR count). The van der Waals surface area contributed by atoms with Crippen LogP contribution in [0.15, 0.2) is 42.5 Å². The van der Waals surface area contributed by atoms with E-state index in [1.807, 2.05) is 12.1 Å². The van der Waals surface area contributed by atoms with E-state index in [0.29, 0.717) is 5.92 Å². The molecular weight excluding hydrogens is 244 g/mol. The zero-order valence-electron chi connectivity index (χ0n) is 9.90. The molecule has 2 heteroatoms. The number of halogens is 1. The summed E-state index contributed by atoms with van der Waals surface area (Å²) in [5.41, 5.74) is 4.00. The molecule has 0 spiro atoms. The van der Waals surface area contributed by atoms with Gasteiger partial charge in [0.05, 0.1) is 0 Å². The molecule has 0 saturated carbocycles. The highest BCUT2D eigenvalue weighted by Gasteiger charge is 2.37. The Morgan fingerprint density at radius 2 is 1.83 bits per heavy atom. The molecule has 1 aliphatic carbocycles. The summed E-state index contributed by atoms with van der Waals surface area (Å²) in [6.07, 6.45) is 2.40. The highest BCUT2D eigenvalue weighted by molar-refractivity contribution is 6.30. The van der Waals surface area contributed by atoms with E-state index < -0.39 is 0 Å². The van der Waals surface area contributed by atoms with Gasteiger partial charge in [0.25, 0.3) is 0 Å². The van der Waals surface area contributed by atoms with Crippen molar-refractivity contribution < 1.29 is 4.74 Å².